The van der Waals surface area contributed by atoms with Crippen LogP contribution in [0.5, 0.6) is 5.88 Å². The molecule has 0 bridgehead atoms. The molecule has 104 valence electrons. The Balaban J connectivity index is 2.26. The molecule has 0 spiro atoms. The minimum absolute atomic E-state index is 0.229. The molecular weight excluding hydrogens is 280 g/mol. The van der Waals surface area contributed by atoms with Crippen molar-refractivity contribution in [3.8, 4) is 5.88 Å². The van der Waals surface area contributed by atoms with Crippen LogP contribution in [-0.4, -0.2) is 28.2 Å². The highest BCUT2D eigenvalue weighted by molar-refractivity contribution is 6.30. The van der Waals surface area contributed by atoms with E-state index in [0.717, 1.165) is 5.56 Å². The highest BCUT2D eigenvalue weighted by atomic mass is 35.5. The van der Waals surface area contributed by atoms with Gasteiger partial charge >= 0.3 is 5.97 Å². The molecule has 1 aromatic carbocycles. The van der Waals surface area contributed by atoms with E-state index >= 15 is 0 Å². The molecule has 0 amide bonds. The lowest BCUT2D eigenvalue weighted by atomic mass is 9.98. The van der Waals surface area contributed by atoms with E-state index in [2.05, 4.69) is 9.97 Å². The number of aromatic nitrogens is 2. The first-order valence-corrected chi connectivity index (χ1v) is 6.32. The molecule has 1 unspecified atom stereocenters. The molecule has 5 nitrogen and oxygen atoms in total. The van der Waals surface area contributed by atoms with Gasteiger partial charge in [0.1, 0.15) is 11.7 Å². The summed E-state index contributed by atoms with van der Waals surface area (Å²) >= 11 is 5.81. The Kier molecular flexibility index (Phi) is 4.53. The molecule has 0 aliphatic rings. The predicted octanol–water partition coefficient (Wildman–Crippen LogP) is 2.55. The molecule has 0 aliphatic carbocycles. The van der Waals surface area contributed by atoms with E-state index in [1.54, 1.807) is 30.3 Å². The van der Waals surface area contributed by atoms with Crippen LogP contribution in [0.2, 0.25) is 5.02 Å². The molecule has 1 atom stereocenters. The Morgan fingerprint density at radius 2 is 2.05 bits per heavy atom. The first kappa shape index (κ1) is 14.3. The third kappa shape index (κ3) is 3.45. The Hall–Kier alpha value is -2.14. The number of carboxylic acids is 1. The summed E-state index contributed by atoms with van der Waals surface area (Å²) in [4.78, 5) is 19.5. The lowest BCUT2D eigenvalue weighted by Crippen LogP contribution is -2.17. The quantitative estimate of drug-likeness (QED) is 0.917. The third-order valence-corrected chi connectivity index (χ3v) is 3.07. The first-order chi connectivity index (χ1) is 9.60. The Morgan fingerprint density at radius 1 is 1.35 bits per heavy atom. The number of halogens is 1. The summed E-state index contributed by atoms with van der Waals surface area (Å²) in [5, 5.41) is 9.97. The van der Waals surface area contributed by atoms with Gasteiger partial charge in [-0.2, -0.15) is 4.98 Å². The number of carboxylic acid groups (broad SMARTS) is 1. The van der Waals surface area contributed by atoms with Gasteiger partial charge in [0.25, 0.3) is 0 Å². The molecule has 1 N–H and O–H groups in total. The van der Waals surface area contributed by atoms with E-state index < -0.39 is 11.9 Å². The Bertz CT molecular complexity index is 602. The van der Waals surface area contributed by atoms with Crippen LogP contribution in [0.4, 0.5) is 0 Å². The van der Waals surface area contributed by atoms with Gasteiger partial charge in [0, 0.05) is 17.3 Å². The molecule has 0 saturated carbocycles. The van der Waals surface area contributed by atoms with Gasteiger partial charge in [-0.3, -0.25) is 4.79 Å². The van der Waals surface area contributed by atoms with Crippen LogP contribution in [0, 0.1) is 0 Å². The van der Waals surface area contributed by atoms with Gasteiger partial charge in [-0.1, -0.05) is 23.7 Å². The van der Waals surface area contributed by atoms with Crippen LogP contribution in [0.15, 0.2) is 36.5 Å². The lowest BCUT2D eigenvalue weighted by molar-refractivity contribution is -0.139. The summed E-state index contributed by atoms with van der Waals surface area (Å²) in [6, 6.07) is 8.60. The molecule has 20 heavy (non-hydrogen) atoms. The number of carbonyl (C=O) groups is 1. The molecule has 2 rings (SSSR count). The zero-order valence-corrected chi connectivity index (χ0v) is 11.5. The fourth-order valence-corrected chi connectivity index (χ4v) is 1.91. The van der Waals surface area contributed by atoms with Crippen molar-refractivity contribution in [2.75, 3.05) is 7.11 Å². The number of rotatable bonds is 5. The molecule has 0 fully saturated rings. The maximum Gasteiger partial charge on any atom is 0.314 e. The van der Waals surface area contributed by atoms with Crippen LogP contribution >= 0.6 is 11.6 Å². The highest BCUT2D eigenvalue weighted by Gasteiger charge is 2.23. The summed E-state index contributed by atoms with van der Waals surface area (Å²) in [6.45, 7) is 0. The highest BCUT2D eigenvalue weighted by Crippen LogP contribution is 2.21. The van der Waals surface area contributed by atoms with Crippen LogP contribution in [-0.2, 0) is 11.2 Å². The molecule has 0 radical (unpaired) electrons. The lowest BCUT2D eigenvalue weighted by Gasteiger charge is -2.11. The fourth-order valence-electron chi connectivity index (χ4n) is 1.78. The molecule has 6 heteroatoms. The van der Waals surface area contributed by atoms with Crippen molar-refractivity contribution in [2.24, 2.45) is 0 Å². The van der Waals surface area contributed by atoms with E-state index in [0.29, 0.717) is 17.3 Å². The molecule has 2 aromatic rings. The standard InChI is InChI=1S/C14H13ClN2O3/c1-20-12-6-7-16-13(17-12)11(14(18)19)8-9-2-4-10(15)5-3-9/h2-7,11H,8H2,1H3,(H,18,19). The van der Waals surface area contributed by atoms with Crippen molar-refractivity contribution in [1.82, 2.24) is 9.97 Å². The molecule has 0 saturated heterocycles. The minimum Gasteiger partial charge on any atom is -0.481 e. The maximum atomic E-state index is 11.4. The van der Waals surface area contributed by atoms with Crippen LogP contribution in [0.1, 0.15) is 17.3 Å². The number of benzene rings is 1. The Labute approximate surface area is 121 Å². The second-order valence-electron chi connectivity index (χ2n) is 4.18. The van der Waals surface area contributed by atoms with Gasteiger partial charge in [-0.25, -0.2) is 4.98 Å². The van der Waals surface area contributed by atoms with Gasteiger partial charge in [0.15, 0.2) is 0 Å². The molecular formula is C14H13ClN2O3. The normalized spacial score (nSPS) is 11.9. The van der Waals surface area contributed by atoms with Gasteiger partial charge in [0.2, 0.25) is 5.88 Å². The van der Waals surface area contributed by atoms with Crippen molar-refractivity contribution in [1.29, 1.82) is 0 Å². The van der Waals surface area contributed by atoms with Crippen LogP contribution < -0.4 is 4.74 Å². The predicted molar refractivity (Wildman–Crippen MR) is 74.1 cm³/mol. The number of nitrogens with zero attached hydrogens (tertiary/aromatic N) is 2. The van der Waals surface area contributed by atoms with Crippen LogP contribution in [0.3, 0.4) is 0 Å². The monoisotopic (exact) mass is 292 g/mol. The summed E-state index contributed by atoms with van der Waals surface area (Å²) in [5.74, 6) is -1.23. The molecule has 1 aromatic heterocycles. The Morgan fingerprint density at radius 3 is 2.65 bits per heavy atom. The number of methoxy groups -OCH3 is 1. The largest absolute Gasteiger partial charge is 0.481 e. The van der Waals surface area contributed by atoms with E-state index in [9.17, 15) is 9.90 Å². The zero-order chi connectivity index (χ0) is 14.5. The molecule has 0 aliphatic heterocycles. The zero-order valence-electron chi connectivity index (χ0n) is 10.8. The SMILES string of the molecule is COc1ccnc(C(Cc2ccc(Cl)cc2)C(=O)O)n1. The summed E-state index contributed by atoms with van der Waals surface area (Å²) in [7, 11) is 1.47. The average Bonchev–Trinajstić information content (AvgIpc) is 2.46. The maximum absolute atomic E-state index is 11.4. The number of hydrogen-bond donors (Lipinski definition) is 1. The van der Waals surface area contributed by atoms with Gasteiger partial charge < -0.3 is 9.84 Å². The fraction of sp³-hybridized carbons (Fsp3) is 0.214. The average molecular weight is 293 g/mol. The second-order valence-corrected chi connectivity index (χ2v) is 4.62. The summed E-state index contributed by atoms with van der Waals surface area (Å²) in [6.07, 6.45) is 1.78. The van der Waals surface area contributed by atoms with Gasteiger partial charge in [-0.05, 0) is 24.1 Å². The number of hydrogen-bond acceptors (Lipinski definition) is 4. The number of aliphatic carboxylic acids is 1. The van der Waals surface area contributed by atoms with E-state index in [1.165, 1.54) is 13.3 Å². The van der Waals surface area contributed by atoms with Gasteiger partial charge in [-0.15, -0.1) is 0 Å². The summed E-state index contributed by atoms with van der Waals surface area (Å²) in [5.41, 5.74) is 0.855. The second kappa shape index (κ2) is 6.34. The minimum atomic E-state index is -0.979. The number of ether oxygens (including phenoxy) is 1. The van der Waals surface area contributed by atoms with E-state index in [1.807, 2.05) is 0 Å². The third-order valence-electron chi connectivity index (χ3n) is 2.82. The summed E-state index contributed by atoms with van der Waals surface area (Å²) < 4.78 is 4.99. The van der Waals surface area contributed by atoms with Gasteiger partial charge in [0.05, 0.1) is 7.11 Å². The van der Waals surface area contributed by atoms with E-state index in [4.69, 9.17) is 16.3 Å². The van der Waals surface area contributed by atoms with Crippen molar-refractivity contribution >= 4 is 17.6 Å². The van der Waals surface area contributed by atoms with E-state index in [-0.39, 0.29) is 5.82 Å². The molecule has 1 heterocycles. The van der Waals surface area contributed by atoms with Crippen molar-refractivity contribution < 1.29 is 14.6 Å². The smallest absolute Gasteiger partial charge is 0.314 e. The van der Waals surface area contributed by atoms with Crippen molar-refractivity contribution in [2.45, 2.75) is 12.3 Å². The topological polar surface area (TPSA) is 72.3 Å². The van der Waals surface area contributed by atoms with Crippen LogP contribution in [0.25, 0.3) is 0 Å². The first-order valence-electron chi connectivity index (χ1n) is 5.94. The van der Waals surface area contributed by atoms with Crippen molar-refractivity contribution in [3.05, 3.63) is 52.9 Å². The van der Waals surface area contributed by atoms with Crippen molar-refractivity contribution in [3.63, 3.8) is 0 Å².